The molecule has 3 amide bonds. The van der Waals surface area contributed by atoms with E-state index in [1.54, 1.807) is 33.9 Å². The Labute approximate surface area is 326 Å². The van der Waals surface area contributed by atoms with Crippen LogP contribution in [0.15, 0.2) is 79.9 Å². The molecule has 1 spiro atoms. The molecule has 2 aromatic rings. The van der Waals surface area contributed by atoms with Crippen molar-refractivity contribution < 1.29 is 33.8 Å². The topological polar surface area (TPSA) is 120 Å². The molecular weight excluding hydrogens is 697 g/mol. The lowest BCUT2D eigenvalue weighted by atomic mass is 9.70. The molecule has 2 aromatic carbocycles. The van der Waals surface area contributed by atoms with Gasteiger partial charge in [-0.15, -0.1) is 13.2 Å². The van der Waals surface area contributed by atoms with Gasteiger partial charge in [0.2, 0.25) is 11.8 Å². The fourth-order valence-corrected chi connectivity index (χ4v) is 8.84. The summed E-state index contributed by atoms with van der Waals surface area (Å²) in [5, 5.41) is 9.34. The van der Waals surface area contributed by atoms with E-state index in [4.69, 9.17) is 9.47 Å². The first-order chi connectivity index (χ1) is 26.6. The zero-order valence-corrected chi connectivity index (χ0v) is 33.1. The Morgan fingerprint density at radius 1 is 1.00 bits per heavy atom. The monoisotopic (exact) mass is 756 g/mol. The van der Waals surface area contributed by atoms with Crippen molar-refractivity contribution in [1.29, 1.82) is 0 Å². The molecule has 1 N–H and O–H groups in total. The molecule has 55 heavy (non-hydrogen) atoms. The summed E-state index contributed by atoms with van der Waals surface area (Å²) in [6.45, 7) is 16.1. The van der Waals surface area contributed by atoms with Gasteiger partial charge < -0.3 is 34.2 Å². The summed E-state index contributed by atoms with van der Waals surface area (Å²) in [7, 11) is 1.71. The highest BCUT2D eigenvalue weighted by molar-refractivity contribution is 6.04. The van der Waals surface area contributed by atoms with Crippen molar-refractivity contribution in [3.63, 3.8) is 0 Å². The van der Waals surface area contributed by atoms with E-state index in [0.717, 1.165) is 37.2 Å². The minimum Gasteiger partial charge on any atom is -0.455 e. The van der Waals surface area contributed by atoms with E-state index in [0.29, 0.717) is 44.3 Å². The SMILES string of the molecule is C=CCCC(=O)N(C)[C@H](C)[C@H](OC(=O)[C@@H]1[C@@H]2CC[C@]3(O2)[C@H](C(=O)N(CC=C)c2ccc(N(CC)CC)cc2)N(CCCCCCO)C(=O)[C@@H]13)c1ccccc1. The minimum atomic E-state index is -1.21. The number of rotatable bonds is 21. The standard InChI is InChI=1S/C44H60N4O7/c1-7-11-21-36(50)45(6)31(5)39(32-19-15-14-16-20-32)54-43(53)37-35-26-27-44(55-35)38(37)41(51)48(29-17-12-13-18-30-49)40(44)42(52)47(28-8-2)34-24-22-33(23-25-34)46(9-3)10-4/h7-8,14-16,19-20,22-25,31,35,37-40,49H,1-2,9-13,17-18,21,26-30H2,3-6H3/t31-,35+,37-,38-,39+,40+,44-/m1/s1. The van der Waals surface area contributed by atoms with E-state index >= 15 is 4.79 Å². The normalized spacial score (nSPS) is 23.5. The van der Waals surface area contributed by atoms with E-state index < -0.39 is 47.7 Å². The number of aliphatic hydroxyl groups excluding tert-OH is 1. The van der Waals surface area contributed by atoms with Crippen LogP contribution in [0, 0.1) is 11.8 Å². The molecule has 3 saturated heterocycles. The van der Waals surface area contributed by atoms with Crippen molar-refractivity contribution in [3.05, 3.63) is 85.5 Å². The van der Waals surface area contributed by atoms with Crippen LogP contribution in [0.1, 0.15) is 83.8 Å². The quantitative estimate of drug-likeness (QED) is 0.0926. The fourth-order valence-electron chi connectivity index (χ4n) is 8.84. The number of aliphatic hydroxyl groups is 1. The largest absolute Gasteiger partial charge is 0.455 e. The lowest BCUT2D eigenvalue weighted by Gasteiger charge is -2.37. The van der Waals surface area contributed by atoms with Crippen molar-refractivity contribution in [3.8, 4) is 0 Å². The third-order valence-electron chi connectivity index (χ3n) is 11.9. The summed E-state index contributed by atoms with van der Waals surface area (Å²) in [5.74, 6) is -3.03. The van der Waals surface area contributed by atoms with Gasteiger partial charge in [-0.25, -0.2) is 0 Å². The number of nitrogens with zero attached hydrogens (tertiary/aromatic N) is 4. The molecule has 0 aliphatic carbocycles. The van der Waals surface area contributed by atoms with Crippen LogP contribution in [0.25, 0.3) is 0 Å². The van der Waals surface area contributed by atoms with Crippen LogP contribution in [0.5, 0.6) is 0 Å². The third kappa shape index (κ3) is 8.53. The lowest BCUT2D eigenvalue weighted by Crippen LogP contribution is -2.56. The molecule has 11 heteroatoms. The van der Waals surface area contributed by atoms with E-state index in [9.17, 15) is 19.5 Å². The van der Waals surface area contributed by atoms with Crippen molar-refractivity contribution >= 4 is 35.1 Å². The molecular formula is C44H60N4O7. The number of allylic oxidation sites excluding steroid dienone is 1. The predicted octanol–water partition coefficient (Wildman–Crippen LogP) is 6.08. The number of esters is 1. The van der Waals surface area contributed by atoms with Crippen LogP contribution >= 0.6 is 0 Å². The summed E-state index contributed by atoms with van der Waals surface area (Å²) in [4.78, 5) is 64.6. The number of benzene rings is 2. The number of hydrogen-bond donors (Lipinski definition) is 1. The van der Waals surface area contributed by atoms with Crippen molar-refractivity contribution in [2.45, 2.75) is 102 Å². The average Bonchev–Trinajstić information content (AvgIpc) is 3.85. The molecule has 0 unspecified atom stereocenters. The number of likely N-dealkylation sites (tertiary alicyclic amines) is 1. The van der Waals surface area contributed by atoms with E-state index in [-0.39, 0.29) is 37.3 Å². The summed E-state index contributed by atoms with van der Waals surface area (Å²) in [5.41, 5.74) is 1.26. The predicted molar refractivity (Wildman–Crippen MR) is 214 cm³/mol. The highest BCUT2D eigenvalue weighted by Crippen LogP contribution is 2.59. The molecule has 7 atom stereocenters. The van der Waals surface area contributed by atoms with Gasteiger partial charge in [0.1, 0.15) is 17.7 Å². The van der Waals surface area contributed by atoms with E-state index in [1.165, 1.54) is 0 Å². The Morgan fingerprint density at radius 2 is 1.67 bits per heavy atom. The highest BCUT2D eigenvalue weighted by Gasteiger charge is 2.75. The van der Waals surface area contributed by atoms with Crippen LogP contribution in [0.4, 0.5) is 11.4 Å². The number of ether oxygens (including phenoxy) is 2. The van der Waals surface area contributed by atoms with Gasteiger partial charge in [0.05, 0.1) is 24.0 Å². The number of anilines is 2. The first kappa shape index (κ1) is 41.7. The number of likely N-dealkylation sites (N-methyl/N-ethyl adjacent to an activating group) is 1. The van der Waals surface area contributed by atoms with Gasteiger partial charge in [-0.3, -0.25) is 19.2 Å². The smallest absolute Gasteiger partial charge is 0.313 e. The maximum Gasteiger partial charge on any atom is 0.313 e. The van der Waals surface area contributed by atoms with Gasteiger partial charge in [-0.05, 0) is 82.7 Å². The molecule has 11 nitrogen and oxygen atoms in total. The molecule has 0 saturated carbocycles. The zero-order chi connectivity index (χ0) is 39.7. The van der Waals surface area contributed by atoms with Gasteiger partial charge in [0.25, 0.3) is 5.91 Å². The lowest BCUT2D eigenvalue weighted by molar-refractivity contribution is -0.164. The first-order valence-corrected chi connectivity index (χ1v) is 20.1. The Bertz CT molecular complexity index is 1650. The zero-order valence-electron chi connectivity index (χ0n) is 33.1. The van der Waals surface area contributed by atoms with Gasteiger partial charge in [0, 0.05) is 57.6 Å². The van der Waals surface area contributed by atoms with Gasteiger partial charge in [-0.2, -0.15) is 0 Å². The van der Waals surface area contributed by atoms with Crippen molar-refractivity contribution in [1.82, 2.24) is 9.80 Å². The second kappa shape index (κ2) is 18.9. The first-order valence-electron chi connectivity index (χ1n) is 20.1. The van der Waals surface area contributed by atoms with Crippen molar-refractivity contribution in [2.24, 2.45) is 11.8 Å². The number of carbonyl (C=O) groups is 4. The molecule has 0 radical (unpaired) electrons. The number of fused-ring (bicyclic) bond motifs is 1. The molecule has 3 aliphatic heterocycles. The van der Waals surface area contributed by atoms with Crippen LogP contribution in [-0.4, -0.2) is 102 Å². The second-order valence-corrected chi connectivity index (χ2v) is 15.0. The van der Waals surface area contributed by atoms with Crippen molar-refractivity contribution in [2.75, 3.05) is 49.6 Å². The summed E-state index contributed by atoms with van der Waals surface area (Å²) in [6, 6.07) is 15.7. The number of hydrogen-bond acceptors (Lipinski definition) is 8. The number of carbonyl (C=O) groups excluding carboxylic acids is 4. The van der Waals surface area contributed by atoms with Crippen LogP contribution < -0.4 is 9.80 Å². The van der Waals surface area contributed by atoms with E-state index in [2.05, 4.69) is 31.9 Å². The summed E-state index contributed by atoms with van der Waals surface area (Å²) >= 11 is 0. The second-order valence-electron chi connectivity index (χ2n) is 15.0. The minimum absolute atomic E-state index is 0.0961. The number of unbranched alkanes of at least 4 members (excludes halogenated alkanes) is 3. The Morgan fingerprint density at radius 3 is 2.31 bits per heavy atom. The molecule has 2 bridgehead atoms. The Kier molecular flexibility index (Phi) is 14.3. The highest BCUT2D eigenvalue weighted by atomic mass is 16.6. The van der Waals surface area contributed by atoms with Gasteiger partial charge in [0.15, 0.2) is 0 Å². The van der Waals surface area contributed by atoms with E-state index in [1.807, 2.05) is 61.5 Å². The number of amides is 3. The third-order valence-corrected chi connectivity index (χ3v) is 11.9. The fraction of sp³-hybridized carbons (Fsp3) is 0.545. The molecule has 298 valence electrons. The van der Waals surface area contributed by atoms with Gasteiger partial charge >= 0.3 is 5.97 Å². The molecule has 3 fully saturated rings. The summed E-state index contributed by atoms with van der Waals surface area (Å²) in [6.07, 6.45) is 6.62. The molecule has 3 heterocycles. The van der Waals surface area contributed by atoms with Crippen LogP contribution in [-0.2, 0) is 28.7 Å². The maximum atomic E-state index is 15.0. The maximum absolute atomic E-state index is 15.0. The van der Waals surface area contributed by atoms with Gasteiger partial charge in [-0.1, -0.05) is 55.3 Å². The Balaban J connectivity index is 1.48. The van der Waals surface area contributed by atoms with Crippen LogP contribution in [0.2, 0.25) is 0 Å². The Hall–Kier alpha value is -4.48. The molecule has 5 rings (SSSR count). The summed E-state index contributed by atoms with van der Waals surface area (Å²) < 4.78 is 13.2. The molecule has 0 aromatic heterocycles. The molecule has 3 aliphatic rings. The van der Waals surface area contributed by atoms with Crippen LogP contribution in [0.3, 0.4) is 0 Å². The average molecular weight is 757 g/mol.